The van der Waals surface area contributed by atoms with Crippen molar-refractivity contribution in [3.05, 3.63) is 53.3 Å². The molecule has 4 heteroatoms. The third kappa shape index (κ3) is 3.88. The first kappa shape index (κ1) is 16.3. The molecule has 3 rings (SSSR count). The van der Waals surface area contributed by atoms with Crippen LogP contribution in [0.4, 0.5) is 4.39 Å². The van der Waals surface area contributed by atoms with Gasteiger partial charge in [-0.1, -0.05) is 11.8 Å². The molecule has 0 atom stereocenters. The van der Waals surface area contributed by atoms with Crippen molar-refractivity contribution in [3.63, 3.8) is 0 Å². The number of rotatable bonds is 4. The maximum atomic E-state index is 13.3. The van der Waals surface area contributed by atoms with Gasteiger partial charge in [0.15, 0.2) is 0 Å². The number of hydrogen-bond acceptors (Lipinski definition) is 3. The summed E-state index contributed by atoms with van der Waals surface area (Å²) in [5, 5.41) is 3.42. The van der Waals surface area contributed by atoms with Crippen LogP contribution in [0.15, 0.2) is 46.2 Å². The molecule has 0 bridgehead atoms. The Labute approximate surface area is 141 Å². The Morgan fingerprint density at radius 2 is 1.83 bits per heavy atom. The molecule has 0 radical (unpaired) electrons. The van der Waals surface area contributed by atoms with Gasteiger partial charge in [-0.15, -0.1) is 0 Å². The van der Waals surface area contributed by atoms with Gasteiger partial charge in [-0.3, -0.25) is 0 Å². The van der Waals surface area contributed by atoms with E-state index in [9.17, 15) is 4.39 Å². The summed E-state index contributed by atoms with van der Waals surface area (Å²) in [4.78, 5) is 2.35. The van der Waals surface area contributed by atoms with Gasteiger partial charge in [-0.2, -0.15) is 0 Å². The van der Waals surface area contributed by atoms with Crippen molar-refractivity contribution in [2.75, 3.05) is 20.2 Å². The summed E-state index contributed by atoms with van der Waals surface area (Å²) < 4.78 is 18.7. The van der Waals surface area contributed by atoms with E-state index in [0.29, 0.717) is 5.92 Å². The van der Waals surface area contributed by atoms with Crippen LogP contribution < -0.4 is 10.1 Å². The number of halogens is 1. The van der Waals surface area contributed by atoms with Crippen LogP contribution in [-0.4, -0.2) is 20.2 Å². The van der Waals surface area contributed by atoms with Gasteiger partial charge < -0.3 is 10.1 Å². The van der Waals surface area contributed by atoms with Crippen LogP contribution in [0, 0.1) is 12.7 Å². The normalized spacial score (nSPS) is 15.6. The van der Waals surface area contributed by atoms with E-state index in [1.54, 1.807) is 24.9 Å². The fourth-order valence-corrected chi connectivity index (χ4v) is 4.12. The van der Waals surface area contributed by atoms with Crippen LogP contribution in [-0.2, 0) is 0 Å². The van der Waals surface area contributed by atoms with Crippen molar-refractivity contribution in [1.29, 1.82) is 0 Å². The van der Waals surface area contributed by atoms with Gasteiger partial charge in [0.1, 0.15) is 11.6 Å². The van der Waals surface area contributed by atoms with Crippen LogP contribution >= 0.6 is 11.8 Å². The summed E-state index contributed by atoms with van der Waals surface area (Å²) >= 11 is 1.72. The van der Waals surface area contributed by atoms with E-state index in [2.05, 4.69) is 17.4 Å². The molecule has 1 heterocycles. The first-order valence-electron chi connectivity index (χ1n) is 8.00. The van der Waals surface area contributed by atoms with Crippen molar-refractivity contribution < 1.29 is 9.13 Å². The lowest BCUT2D eigenvalue weighted by Crippen LogP contribution is -2.26. The van der Waals surface area contributed by atoms with Crippen LogP contribution in [0.25, 0.3) is 0 Å². The minimum absolute atomic E-state index is 0.180. The van der Waals surface area contributed by atoms with Crippen molar-refractivity contribution in [2.45, 2.75) is 35.5 Å². The molecule has 2 aromatic carbocycles. The zero-order chi connectivity index (χ0) is 16.2. The van der Waals surface area contributed by atoms with E-state index in [-0.39, 0.29) is 5.82 Å². The topological polar surface area (TPSA) is 21.3 Å². The van der Waals surface area contributed by atoms with Gasteiger partial charge >= 0.3 is 0 Å². The van der Waals surface area contributed by atoms with Crippen molar-refractivity contribution >= 4 is 11.8 Å². The van der Waals surface area contributed by atoms with Crippen molar-refractivity contribution in [3.8, 4) is 5.75 Å². The highest BCUT2D eigenvalue weighted by atomic mass is 32.2. The lowest BCUT2D eigenvalue weighted by Gasteiger charge is -2.25. The monoisotopic (exact) mass is 331 g/mol. The average molecular weight is 331 g/mol. The van der Waals surface area contributed by atoms with E-state index in [1.807, 2.05) is 19.1 Å². The molecule has 2 aromatic rings. The first-order valence-corrected chi connectivity index (χ1v) is 8.81. The SMILES string of the molecule is COc1ccc(Sc2ccc(F)cc2C)c(C2CCNCC2)c1. The second-order valence-electron chi connectivity index (χ2n) is 5.94. The number of piperidine rings is 1. The predicted molar refractivity (Wildman–Crippen MR) is 93.1 cm³/mol. The quantitative estimate of drug-likeness (QED) is 0.873. The van der Waals surface area contributed by atoms with E-state index in [0.717, 1.165) is 42.1 Å². The molecule has 1 saturated heterocycles. The summed E-state index contributed by atoms with van der Waals surface area (Å²) in [6, 6.07) is 11.3. The zero-order valence-corrected chi connectivity index (χ0v) is 14.4. The highest BCUT2D eigenvalue weighted by Crippen LogP contribution is 2.40. The van der Waals surface area contributed by atoms with E-state index in [1.165, 1.54) is 16.5 Å². The molecule has 0 aromatic heterocycles. The Balaban J connectivity index is 1.93. The molecule has 23 heavy (non-hydrogen) atoms. The van der Waals surface area contributed by atoms with Gasteiger partial charge in [0.05, 0.1) is 7.11 Å². The van der Waals surface area contributed by atoms with E-state index >= 15 is 0 Å². The van der Waals surface area contributed by atoms with Crippen molar-refractivity contribution in [2.24, 2.45) is 0 Å². The molecule has 0 spiro atoms. The summed E-state index contributed by atoms with van der Waals surface area (Å²) in [6.45, 7) is 4.07. The number of ether oxygens (including phenoxy) is 1. The molecule has 0 saturated carbocycles. The number of aryl methyl sites for hydroxylation is 1. The fraction of sp³-hybridized carbons (Fsp3) is 0.368. The Morgan fingerprint density at radius 3 is 2.52 bits per heavy atom. The third-order valence-corrected chi connectivity index (χ3v) is 5.62. The molecule has 1 aliphatic rings. The molecule has 0 amide bonds. The third-order valence-electron chi connectivity index (χ3n) is 4.35. The second kappa shape index (κ2) is 7.37. The average Bonchev–Trinajstić information content (AvgIpc) is 2.58. The zero-order valence-electron chi connectivity index (χ0n) is 13.6. The summed E-state index contributed by atoms with van der Waals surface area (Å²) in [6.07, 6.45) is 2.28. The van der Waals surface area contributed by atoms with Crippen LogP contribution in [0.3, 0.4) is 0 Å². The number of hydrogen-bond donors (Lipinski definition) is 1. The largest absolute Gasteiger partial charge is 0.497 e. The molecule has 0 aliphatic carbocycles. The minimum atomic E-state index is -0.180. The second-order valence-corrected chi connectivity index (χ2v) is 7.02. The first-order chi connectivity index (χ1) is 11.2. The molecule has 0 unspecified atom stereocenters. The molecular formula is C19H22FNOS. The smallest absolute Gasteiger partial charge is 0.123 e. The number of methoxy groups -OCH3 is 1. The van der Waals surface area contributed by atoms with Crippen molar-refractivity contribution in [1.82, 2.24) is 5.32 Å². The molecule has 122 valence electrons. The lowest BCUT2D eigenvalue weighted by atomic mass is 9.90. The van der Waals surface area contributed by atoms with Gasteiger partial charge in [0, 0.05) is 9.79 Å². The lowest BCUT2D eigenvalue weighted by molar-refractivity contribution is 0.410. The van der Waals surface area contributed by atoms with Gasteiger partial charge in [0.2, 0.25) is 0 Å². The van der Waals surface area contributed by atoms with Crippen LogP contribution in [0.2, 0.25) is 0 Å². The Morgan fingerprint density at radius 1 is 1.09 bits per heavy atom. The molecule has 1 N–H and O–H groups in total. The highest BCUT2D eigenvalue weighted by molar-refractivity contribution is 7.99. The highest BCUT2D eigenvalue weighted by Gasteiger charge is 2.20. The van der Waals surface area contributed by atoms with Crippen LogP contribution in [0.1, 0.15) is 29.9 Å². The van der Waals surface area contributed by atoms with Gasteiger partial charge in [0.25, 0.3) is 0 Å². The molecular weight excluding hydrogens is 309 g/mol. The van der Waals surface area contributed by atoms with E-state index < -0.39 is 0 Å². The summed E-state index contributed by atoms with van der Waals surface area (Å²) in [5.41, 5.74) is 2.32. The standard InChI is InChI=1S/C19H22FNOS/c1-13-11-15(20)3-5-18(13)23-19-6-4-16(22-2)12-17(19)14-7-9-21-10-8-14/h3-6,11-12,14,21H,7-10H2,1-2H3. The predicted octanol–water partition coefficient (Wildman–Crippen LogP) is 4.76. The Hall–Kier alpha value is -1.52. The maximum Gasteiger partial charge on any atom is 0.123 e. The molecule has 1 aliphatic heterocycles. The summed E-state index contributed by atoms with van der Waals surface area (Å²) in [7, 11) is 1.71. The molecule has 1 fully saturated rings. The summed E-state index contributed by atoms with van der Waals surface area (Å²) in [5.74, 6) is 1.27. The van der Waals surface area contributed by atoms with E-state index in [4.69, 9.17) is 4.74 Å². The minimum Gasteiger partial charge on any atom is -0.497 e. The maximum absolute atomic E-state index is 13.3. The Bertz CT molecular complexity index is 683. The number of benzene rings is 2. The Kier molecular flexibility index (Phi) is 5.23. The fourth-order valence-electron chi connectivity index (χ4n) is 3.04. The van der Waals surface area contributed by atoms with Crippen LogP contribution in [0.5, 0.6) is 5.75 Å². The number of nitrogens with one attached hydrogen (secondary N) is 1. The van der Waals surface area contributed by atoms with Gasteiger partial charge in [-0.25, -0.2) is 4.39 Å². The van der Waals surface area contributed by atoms with Gasteiger partial charge in [-0.05, 0) is 86.3 Å². The molecule has 2 nitrogen and oxygen atoms in total.